The van der Waals surface area contributed by atoms with Gasteiger partial charge in [-0.2, -0.15) is 0 Å². The van der Waals surface area contributed by atoms with Gasteiger partial charge in [0, 0.05) is 19.1 Å². The normalized spacial score (nSPS) is 17.2. The van der Waals surface area contributed by atoms with Gasteiger partial charge in [0.25, 0.3) is 0 Å². The van der Waals surface area contributed by atoms with Crippen LogP contribution in [0.4, 0.5) is 0 Å². The molecule has 2 aromatic rings. The lowest BCUT2D eigenvalue weighted by atomic mass is 10.0. The lowest BCUT2D eigenvalue weighted by Crippen LogP contribution is -2.47. The number of amides is 1. The van der Waals surface area contributed by atoms with Gasteiger partial charge in [-0.3, -0.25) is 9.69 Å². The maximum Gasteiger partial charge on any atom is 0.250 e. The van der Waals surface area contributed by atoms with Crippen molar-refractivity contribution in [2.45, 2.75) is 49.9 Å². The van der Waals surface area contributed by atoms with Gasteiger partial charge < -0.3 is 5.32 Å². The van der Waals surface area contributed by atoms with E-state index in [1.165, 1.54) is 22.5 Å². The first-order chi connectivity index (χ1) is 13.7. The van der Waals surface area contributed by atoms with Gasteiger partial charge in [0.2, 0.25) is 15.9 Å². The zero-order valence-corrected chi connectivity index (χ0v) is 18.8. The predicted octanol–water partition coefficient (Wildman–Crippen LogP) is 2.99. The van der Waals surface area contributed by atoms with Crippen LogP contribution >= 0.6 is 11.3 Å². The molecule has 2 heterocycles. The zero-order valence-electron chi connectivity index (χ0n) is 17.1. The van der Waals surface area contributed by atoms with E-state index in [4.69, 9.17) is 0 Å². The van der Waals surface area contributed by atoms with Crippen molar-refractivity contribution in [3.63, 3.8) is 0 Å². The molecule has 1 unspecified atom stereocenters. The molecule has 0 saturated carbocycles. The summed E-state index contributed by atoms with van der Waals surface area (Å²) in [7, 11) is -3.44. The minimum atomic E-state index is -3.44. The van der Waals surface area contributed by atoms with Crippen LogP contribution in [-0.2, 0) is 14.8 Å². The topological polar surface area (TPSA) is 78.5 Å². The summed E-state index contributed by atoms with van der Waals surface area (Å²) in [5, 5.41) is 4.83. The average molecular weight is 436 g/mol. The first-order valence-corrected chi connectivity index (χ1v) is 12.3. The molecule has 29 heavy (non-hydrogen) atoms. The van der Waals surface area contributed by atoms with Crippen molar-refractivity contribution >= 4 is 27.3 Å². The molecule has 0 bridgehead atoms. The monoisotopic (exact) mass is 435 g/mol. The quantitative estimate of drug-likeness (QED) is 0.701. The lowest BCUT2D eigenvalue weighted by Gasteiger charge is -2.31. The molecular weight excluding hydrogens is 406 g/mol. The Bertz CT molecular complexity index is 934. The van der Waals surface area contributed by atoms with Crippen molar-refractivity contribution in [3.8, 4) is 0 Å². The van der Waals surface area contributed by atoms with Gasteiger partial charge >= 0.3 is 0 Å². The van der Waals surface area contributed by atoms with Crippen molar-refractivity contribution in [2.75, 3.05) is 19.6 Å². The summed E-state index contributed by atoms with van der Waals surface area (Å²) in [6, 6.07) is 9.47. The molecule has 6 nitrogen and oxygen atoms in total. The second kappa shape index (κ2) is 9.38. The molecule has 8 heteroatoms. The fraction of sp³-hybridized carbons (Fsp3) is 0.476. The molecule has 1 fully saturated rings. The summed E-state index contributed by atoms with van der Waals surface area (Å²) in [4.78, 5) is 14.5. The maximum atomic E-state index is 12.4. The third-order valence-electron chi connectivity index (χ3n) is 5.44. The van der Waals surface area contributed by atoms with E-state index in [1.54, 1.807) is 17.5 Å². The van der Waals surface area contributed by atoms with Crippen LogP contribution in [0.25, 0.3) is 0 Å². The van der Waals surface area contributed by atoms with Gasteiger partial charge in [0.1, 0.15) is 4.21 Å². The highest BCUT2D eigenvalue weighted by atomic mass is 32.2. The van der Waals surface area contributed by atoms with Crippen molar-refractivity contribution in [1.82, 2.24) is 14.9 Å². The molecule has 0 spiro atoms. The van der Waals surface area contributed by atoms with Crippen molar-refractivity contribution in [3.05, 3.63) is 52.4 Å². The number of sulfonamides is 1. The van der Waals surface area contributed by atoms with Crippen LogP contribution in [0.1, 0.15) is 42.5 Å². The maximum absolute atomic E-state index is 12.4. The summed E-state index contributed by atoms with van der Waals surface area (Å²) in [6.45, 7) is 7.87. The summed E-state index contributed by atoms with van der Waals surface area (Å²) in [6.07, 6.45) is 1.40. The van der Waals surface area contributed by atoms with Crippen molar-refractivity contribution < 1.29 is 13.2 Å². The summed E-state index contributed by atoms with van der Waals surface area (Å²) < 4.78 is 27.8. The van der Waals surface area contributed by atoms with E-state index < -0.39 is 10.0 Å². The third-order valence-corrected chi connectivity index (χ3v) is 8.36. The Labute approximate surface area is 177 Å². The largest absolute Gasteiger partial charge is 0.348 e. The number of thiophene rings is 1. The molecule has 2 N–H and O–H groups in total. The molecule has 1 aliphatic rings. The molecule has 0 radical (unpaired) electrons. The Morgan fingerprint density at radius 3 is 2.55 bits per heavy atom. The molecule has 1 aliphatic heterocycles. The molecule has 1 amide bonds. The minimum Gasteiger partial charge on any atom is -0.348 e. The fourth-order valence-electron chi connectivity index (χ4n) is 3.51. The van der Waals surface area contributed by atoms with Crippen LogP contribution in [0.3, 0.4) is 0 Å². The highest BCUT2D eigenvalue weighted by molar-refractivity contribution is 7.91. The zero-order chi connectivity index (χ0) is 21.0. The molecule has 158 valence electrons. The van der Waals surface area contributed by atoms with E-state index in [1.807, 2.05) is 6.92 Å². The highest BCUT2D eigenvalue weighted by Gasteiger charge is 2.26. The summed E-state index contributed by atoms with van der Waals surface area (Å²) in [5.41, 5.74) is 3.56. The number of carbonyl (C=O) groups is 1. The first-order valence-electron chi connectivity index (χ1n) is 9.89. The van der Waals surface area contributed by atoms with Crippen LogP contribution in [0.5, 0.6) is 0 Å². The van der Waals surface area contributed by atoms with E-state index in [-0.39, 0.29) is 18.0 Å². The van der Waals surface area contributed by atoms with E-state index in [2.05, 4.69) is 47.0 Å². The lowest BCUT2D eigenvalue weighted by molar-refractivity contribution is -0.123. The van der Waals surface area contributed by atoms with Gasteiger partial charge in [0.15, 0.2) is 0 Å². The fourth-order valence-corrected chi connectivity index (χ4v) is 5.82. The van der Waals surface area contributed by atoms with Gasteiger partial charge in [-0.15, -0.1) is 11.3 Å². The summed E-state index contributed by atoms with van der Waals surface area (Å²) in [5.74, 6) is -0.00616. The van der Waals surface area contributed by atoms with Crippen LogP contribution in [0, 0.1) is 13.8 Å². The van der Waals surface area contributed by atoms with Crippen molar-refractivity contribution in [1.29, 1.82) is 0 Å². The Morgan fingerprint density at radius 1 is 1.21 bits per heavy atom. The Morgan fingerprint density at radius 2 is 1.93 bits per heavy atom. The van der Waals surface area contributed by atoms with Crippen LogP contribution in [0.15, 0.2) is 39.9 Å². The van der Waals surface area contributed by atoms with Gasteiger partial charge in [-0.1, -0.05) is 24.3 Å². The molecule has 1 atom stereocenters. The second-order valence-corrected chi connectivity index (χ2v) is 10.6. The SMILES string of the molecule is Cc1ccc(C(C)NC(=O)CN2CCC(NS(=O)(=O)c3cccs3)CC2)cc1C. The number of likely N-dealkylation sites (tertiary alicyclic amines) is 1. The number of carbonyl (C=O) groups excluding carboxylic acids is 1. The van der Waals surface area contributed by atoms with Crippen LogP contribution < -0.4 is 10.0 Å². The predicted molar refractivity (Wildman–Crippen MR) is 117 cm³/mol. The number of benzene rings is 1. The number of piperidine rings is 1. The smallest absolute Gasteiger partial charge is 0.250 e. The van der Waals surface area contributed by atoms with Crippen molar-refractivity contribution in [2.24, 2.45) is 0 Å². The van der Waals surface area contributed by atoms with E-state index >= 15 is 0 Å². The number of hydrogen-bond donors (Lipinski definition) is 2. The average Bonchev–Trinajstić information content (AvgIpc) is 3.21. The third kappa shape index (κ3) is 5.88. The molecule has 0 aliphatic carbocycles. The van der Waals surface area contributed by atoms with E-state index in [0.29, 0.717) is 36.7 Å². The minimum absolute atomic E-state index is 0.00616. The molecular formula is C21H29N3O3S2. The molecule has 3 rings (SSSR count). The standard InChI is InChI=1S/C21H29N3O3S2/c1-15-6-7-18(13-16(15)2)17(3)22-20(25)14-24-10-8-19(9-11-24)23-29(26,27)21-5-4-12-28-21/h4-7,12-13,17,19,23H,8-11,14H2,1-3H3,(H,22,25). The van der Waals surface area contributed by atoms with Crippen LogP contribution in [0.2, 0.25) is 0 Å². The van der Waals surface area contributed by atoms with E-state index in [0.717, 1.165) is 5.56 Å². The van der Waals surface area contributed by atoms with Gasteiger partial charge in [0.05, 0.1) is 12.6 Å². The molecule has 1 aromatic heterocycles. The molecule has 1 aromatic carbocycles. The Hall–Kier alpha value is -1.74. The van der Waals surface area contributed by atoms with Crippen LogP contribution in [-0.4, -0.2) is 44.9 Å². The Kier molecular flexibility index (Phi) is 7.10. The number of rotatable bonds is 7. The Balaban J connectivity index is 1.45. The second-order valence-electron chi connectivity index (χ2n) is 7.74. The van der Waals surface area contributed by atoms with Gasteiger partial charge in [-0.25, -0.2) is 13.1 Å². The first kappa shape index (κ1) is 22.0. The van der Waals surface area contributed by atoms with E-state index in [9.17, 15) is 13.2 Å². The number of hydrogen-bond acceptors (Lipinski definition) is 5. The molecule has 1 saturated heterocycles. The summed E-state index contributed by atoms with van der Waals surface area (Å²) >= 11 is 1.22. The highest BCUT2D eigenvalue weighted by Crippen LogP contribution is 2.19. The van der Waals surface area contributed by atoms with Gasteiger partial charge in [-0.05, 0) is 61.7 Å². The number of aryl methyl sites for hydroxylation is 2. The number of nitrogens with zero attached hydrogens (tertiary/aromatic N) is 1. The number of nitrogens with one attached hydrogen (secondary N) is 2.